The van der Waals surface area contributed by atoms with E-state index >= 15 is 0 Å². The second-order valence-electron chi connectivity index (χ2n) is 5.86. The average Bonchev–Trinajstić information content (AvgIpc) is 2.54. The number of aryl methyl sites for hydroxylation is 1. The van der Waals surface area contributed by atoms with Gasteiger partial charge >= 0.3 is 0 Å². The predicted molar refractivity (Wildman–Crippen MR) is 80.1 cm³/mol. The van der Waals surface area contributed by atoms with Crippen LogP contribution in [0.4, 0.5) is 5.82 Å². The summed E-state index contributed by atoms with van der Waals surface area (Å²) in [5.74, 6) is 0.787. The summed E-state index contributed by atoms with van der Waals surface area (Å²) in [6.45, 7) is 3.34. The van der Waals surface area contributed by atoms with Crippen LogP contribution >= 0.6 is 0 Å². The lowest BCUT2D eigenvalue weighted by atomic mass is 9.81. The summed E-state index contributed by atoms with van der Waals surface area (Å²) in [4.78, 5) is 15.3. The number of nitrogens with zero attached hydrogens (tertiary/aromatic N) is 4. The van der Waals surface area contributed by atoms with Crippen LogP contribution in [0.25, 0.3) is 11.0 Å². The van der Waals surface area contributed by atoms with Gasteiger partial charge in [0.05, 0.1) is 18.7 Å². The van der Waals surface area contributed by atoms with E-state index in [4.69, 9.17) is 0 Å². The van der Waals surface area contributed by atoms with E-state index in [1.165, 1.54) is 0 Å². The minimum absolute atomic E-state index is 0.0184. The monoisotopic (exact) mass is 288 g/mol. The van der Waals surface area contributed by atoms with Gasteiger partial charge < -0.3 is 15.1 Å². The van der Waals surface area contributed by atoms with Crippen molar-refractivity contribution in [2.45, 2.75) is 19.8 Å². The van der Waals surface area contributed by atoms with E-state index in [2.05, 4.69) is 19.9 Å². The van der Waals surface area contributed by atoms with Gasteiger partial charge in [0, 0.05) is 24.2 Å². The number of fused-ring (bicyclic) bond motifs is 1. The zero-order valence-corrected chi connectivity index (χ0v) is 12.2. The molecule has 0 aromatic carbocycles. The molecule has 2 N–H and O–H groups in total. The van der Waals surface area contributed by atoms with E-state index < -0.39 is 5.41 Å². The highest BCUT2D eigenvalue weighted by Gasteiger charge is 2.35. The van der Waals surface area contributed by atoms with Gasteiger partial charge in [-0.05, 0) is 31.9 Å². The molecule has 0 aliphatic carbocycles. The van der Waals surface area contributed by atoms with E-state index in [-0.39, 0.29) is 13.2 Å². The number of aliphatic hydroxyl groups is 2. The average molecular weight is 288 g/mol. The third kappa shape index (κ3) is 2.56. The SMILES string of the molecule is Cc1ccc2ncnc(N3CCCC(CO)(CO)C3)c2n1. The Morgan fingerprint density at radius 1 is 1.24 bits per heavy atom. The molecule has 0 spiro atoms. The molecular weight excluding hydrogens is 268 g/mol. The third-order valence-corrected chi connectivity index (χ3v) is 4.23. The zero-order valence-electron chi connectivity index (χ0n) is 12.2. The van der Waals surface area contributed by atoms with Gasteiger partial charge in [-0.3, -0.25) is 0 Å². The lowest BCUT2D eigenvalue weighted by Crippen LogP contribution is -2.48. The minimum Gasteiger partial charge on any atom is -0.396 e. The molecule has 2 aromatic heterocycles. The summed E-state index contributed by atoms with van der Waals surface area (Å²) < 4.78 is 0. The number of rotatable bonds is 3. The third-order valence-electron chi connectivity index (χ3n) is 4.23. The van der Waals surface area contributed by atoms with Crippen molar-refractivity contribution < 1.29 is 10.2 Å². The fourth-order valence-electron chi connectivity index (χ4n) is 2.95. The van der Waals surface area contributed by atoms with Crippen LogP contribution in [0.1, 0.15) is 18.5 Å². The Morgan fingerprint density at radius 3 is 2.81 bits per heavy atom. The number of aliphatic hydroxyl groups excluding tert-OH is 2. The highest BCUT2D eigenvalue weighted by molar-refractivity contribution is 5.85. The first-order valence-corrected chi connectivity index (χ1v) is 7.22. The van der Waals surface area contributed by atoms with Gasteiger partial charge in [0.1, 0.15) is 11.8 Å². The molecule has 3 heterocycles. The summed E-state index contributed by atoms with van der Waals surface area (Å²) in [6.07, 6.45) is 3.28. The van der Waals surface area contributed by atoms with Gasteiger partial charge in [0.15, 0.2) is 5.82 Å². The van der Waals surface area contributed by atoms with Crippen molar-refractivity contribution in [3.8, 4) is 0 Å². The van der Waals surface area contributed by atoms with Crippen LogP contribution in [0, 0.1) is 12.3 Å². The number of hydrogen-bond acceptors (Lipinski definition) is 6. The van der Waals surface area contributed by atoms with Crippen LogP contribution in [0.15, 0.2) is 18.5 Å². The number of pyridine rings is 1. The Hall–Kier alpha value is -1.79. The topological polar surface area (TPSA) is 82.4 Å². The molecule has 6 nitrogen and oxygen atoms in total. The van der Waals surface area contributed by atoms with Crippen molar-refractivity contribution in [2.24, 2.45) is 5.41 Å². The van der Waals surface area contributed by atoms with Crippen molar-refractivity contribution in [1.29, 1.82) is 0 Å². The van der Waals surface area contributed by atoms with Crippen molar-refractivity contribution in [3.63, 3.8) is 0 Å². The van der Waals surface area contributed by atoms with Gasteiger partial charge in [0.2, 0.25) is 0 Å². The van der Waals surface area contributed by atoms with Crippen LogP contribution in [0.2, 0.25) is 0 Å². The zero-order chi connectivity index (χ0) is 14.9. The molecule has 0 saturated carbocycles. The van der Waals surface area contributed by atoms with Crippen molar-refractivity contribution in [1.82, 2.24) is 15.0 Å². The highest BCUT2D eigenvalue weighted by Crippen LogP contribution is 2.33. The first-order chi connectivity index (χ1) is 10.2. The van der Waals surface area contributed by atoms with E-state index in [0.717, 1.165) is 41.9 Å². The molecule has 0 bridgehead atoms. The molecule has 0 atom stereocenters. The van der Waals surface area contributed by atoms with E-state index in [1.54, 1.807) is 6.33 Å². The maximum atomic E-state index is 9.63. The molecular formula is C15H20N4O2. The summed E-state index contributed by atoms with van der Waals surface area (Å²) in [7, 11) is 0. The first-order valence-electron chi connectivity index (χ1n) is 7.22. The van der Waals surface area contributed by atoms with Crippen molar-refractivity contribution in [2.75, 3.05) is 31.2 Å². The molecule has 0 amide bonds. The summed E-state index contributed by atoms with van der Waals surface area (Å²) in [5.41, 5.74) is 2.06. The largest absolute Gasteiger partial charge is 0.396 e. The molecule has 2 aromatic rings. The maximum absolute atomic E-state index is 9.63. The maximum Gasteiger partial charge on any atom is 0.158 e. The van der Waals surface area contributed by atoms with E-state index in [9.17, 15) is 10.2 Å². The van der Waals surface area contributed by atoms with E-state index in [0.29, 0.717) is 6.54 Å². The molecule has 1 fully saturated rings. The standard InChI is InChI=1S/C15H20N4O2/c1-11-3-4-12-13(18-11)14(17-10-16-12)19-6-2-5-15(7-19,8-20)9-21/h3-4,10,20-21H,2,5-9H2,1H3. The quantitative estimate of drug-likeness (QED) is 0.873. The Balaban J connectivity index is 2.02. The molecule has 1 saturated heterocycles. The fraction of sp³-hybridized carbons (Fsp3) is 0.533. The number of anilines is 1. The number of aromatic nitrogens is 3. The van der Waals surface area contributed by atoms with Crippen LogP contribution in [-0.4, -0.2) is 51.5 Å². The minimum atomic E-state index is -0.459. The van der Waals surface area contributed by atoms with Crippen molar-refractivity contribution >= 4 is 16.9 Å². The number of hydrogen-bond donors (Lipinski definition) is 2. The van der Waals surface area contributed by atoms with Crippen LogP contribution in [0.5, 0.6) is 0 Å². The predicted octanol–water partition coefficient (Wildman–Crippen LogP) is 0.904. The fourth-order valence-corrected chi connectivity index (χ4v) is 2.95. The second-order valence-corrected chi connectivity index (χ2v) is 5.86. The molecule has 0 radical (unpaired) electrons. The lowest BCUT2D eigenvalue weighted by molar-refractivity contribution is 0.0420. The van der Waals surface area contributed by atoms with Crippen molar-refractivity contribution in [3.05, 3.63) is 24.2 Å². The van der Waals surface area contributed by atoms with Crippen LogP contribution < -0.4 is 4.90 Å². The Labute approximate surface area is 123 Å². The van der Waals surface area contributed by atoms with Gasteiger partial charge in [-0.25, -0.2) is 15.0 Å². The Morgan fingerprint density at radius 2 is 2.05 bits per heavy atom. The van der Waals surface area contributed by atoms with Crippen LogP contribution in [-0.2, 0) is 0 Å². The lowest BCUT2D eigenvalue weighted by Gasteiger charge is -2.41. The second kappa shape index (κ2) is 5.54. The Kier molecular flexibility index (Phi) is 3.73. The molecule has 1 aliphatic heterocycles. The Bertz CT molecular complexity index is 643. The molecule has 1 aliphatic rings. The molecule has 0 unspecified atom stereocenters. The van der Waals surface area contributed by atoms with Gasteiger partial charge in [-0.1, -0.05) is 0 Å². The molecule has 112 valence electrons. The smallest absolute Gasteiger partial charge is 0.158 e. The first kappa shape index (κ1) is 14.2. The summed E-state index contributed by atoms with van der Waals surface area (Å²) in [6, 6.07) is 3.87. The molecule has 3 rings (SSSR count). The number of piperidine rings is 1. The summed E-state index contributed by atoms with van der Waals surface area (Å²) >= 11 is 0. The van der Waals surface area contributed by atoms with E-state index in [1.807, 2.05) is 19.1 Å². The normalized spacial score (nSPS) is 18.1. The molecule has 21 heavy (non-hydrogen) atoms. The molecule has 6 heteroatoms. The summed E-state index contributed by atoms with van der Waals surface area (Å²) in [5, 5.41) is 19.3. The van der Waals surface area contributed by atoms with Gasteiger partial charge in [-0.2, -0.15) is 0 Å². The van der Waals surface area contributed by atoms with Crippen LogP contribution in [0.3, 0.4) is 0 Å². The van der Waals surface area contributed by atoms with Gasteiger partial charge in [-0.15, -0.1) is 0 Å². The van der Waals surface area contributed by atoms with Gasteiger partial charge in [0.25, 0.3) is 0 Å². The highest BCUT2D eigenvalue weighted by atomic mass is 16.3.